The van der Waals surface area contributed by atoms with Crippen LogP contribution >= 0.6 is 0 Å². The smallest absolute Gasteiger partial charge is 0.543 e. The van der Waals surface area contributed by atoms with E-state index in [-0.39, 0.29) is 30.5 Å². The van der Waals surface area contributed by atoms with Gasteiger partial charge in [-0.25, -0.2) is 9.97 Å². The molecule has 2 rings (SSSR count). The Kier molecular flexibility index (Phi) is 7.86. The number of carboxylic acids is 1. The molecule has 1 aromatic heterocycles. The minimum Gasteiger partial charge on any atom is -0.543 e. The standard InChI is InChI=1S/C16H24N4O4.Li/c1-16(2,3)24-14(21)4-5-19-6-8-20(9-7-19)13-11-17-12(10-18-13)15(22)23;/h10-11H,4-9H2,1-3H3,(H,22,23);/q;+1/p-1. The Bertz CT molecular complexity index is 581. The SMILES string of the molecule is CC(C)(C)OC(=O)CCN1CCN(c2cnc(C(=O)[O-])cn2)CC1.[Li+]. The second kappa shape index (κ2) is 9.18. The zero-order valence-electron chi connectivity index (χ0n) is 15.3. The van der Waals surface area contributed by atoms with E-state index in [0.29, 0.717) is 18.8 Å². The Morgan fingerprint density at radius 3 is 2.28 bits per heavy atom. The summed E-state index contributed by atoms with van der Waals surface area (Å²) in [5.41, 5.74) is -0.624. The van der Waals surface area contributed by atoms with E-state index >= 15 is 0 Å². The maximum Gasteiger partial charge on any atom is 1.00 e. The number of ether oxygens (including phenoxy) is 1. The normalized spacial score (nSPS) is 15.4. The van der Waals surface area contributed by atoms with Gasteiger partial charge < -0.3 is 19.5 Å². The minimum absolute atomic E-state index is 0. The molecule has 0 unspecified atom stereocenters. The summed E-state index contributed by atoms with van der Waals surface area (Å²) >= 11 is 0. The third kappa shape index (κ3) is 7.02. The van der Waals surface area contributed by atoms with Gasteiger partial charge in [-0.1, -0.05) is 0 Å². The molecule has 1 aromatic rings. The van der Waals surface area contributed by atoms with E-state index in [1.54, 1.807) is 0 Å². The van der Waals surface area contributed by atoms with Crippen LogP contribution in [-0.2, 0) is 9.53 Å². The molecule has 0 saturated carbocycles. The van der Waals surface area contributed by atoms with Crippen LogP contribution in [-0.4, -0.2) is 65.1 Å². The molecular formula is C16H23LiN4O4. The second-order valence-electron chi connectivity index (χ2n) is 6.71. The zero-order valence-corrected chi connectivity index (χ0v) is 15.3. The molecule has 0 radical (unpaired) electrons. The molecule has 1 fully saturated rings. The molecule has 1 aliphatic heterocycles. The summed E-state index contributed by atoms with van der Waals surface area (Å²) in [5.74, 6) is -0.874. The van der Waals surface area contributed by atoms with Crippen LogP contribution in [0.15, 0.2) is 12.4 Å². The summed E-state index contributed by atoms with van der Waals surface area (Å²) in [6.07, 6.45) is 3.03. The van der Waals surface area contributed by atoms with Crippen LogP contribution in [0.2, 0.25) is 0 Å². The van der Waals surface area contributed by atoms with E-state index in [4.69, 9.17) is 4.74 Å². The second-order valence-corrected chi connectivity index (χ2v) is 6.71. The van der Waals surface area contributed by atoms with Crippen LogP contribution in [0.25, 0.3) is 0 Å². The molecule has 0 bridgehead atoms. The van der Waals surface area contributed by atoms with Crippen molar-refractivity contribution in [1.29, 1.82) is 0 Å². The first-order valence-corrected chi connectivity index (χ1v) is 7.97. The quantitative estimate of drug-likeness (QED) is 0.405. The number of anilines is 1. The molecule has 0 aromatic carbocycles. The van der Waals surface area contributed by atoms with Crippen LogP contribution in [0.3, 0.4) is 0 Å². The summed E-state index contributed by atoms with van der Waals surface area (Å²) < 4.78 is 5.30. The van der Waals surface area contributed by atoms with Crippen LogP contribution in [0.4, 0.5) is 5.82 Å². The third-order valence-corrected chi connectivity index (χ3v) is 3.60. The van der Waals surface area contributed by atoms with Gasteiger partial charge in [0.2, 0.25) is 0 Å². The molecule has 9 heteroatoms. The largest absolute Gasteiger partial charge is 1.00 e. The molecule has 132 valence electrons. The molecule has 0 amide bonds. The Morgan fingerprint density at radius 1 is 1.16 bits per heavy atom. The Balaban J connectivity index is 0.00000312. The van der Waals surface area contributed by atoms with E-state index in [0.717, 1.165) is 26.2 Å². The van der Waals surface area contributed by atoms with E-state index in [1.807, 2.05) is 25.7 Å². The molecule has 8 nitrogen and oxygen atoms in total. The van der Waals surface area contributed by atoms with Crippen molar-refractivity contribution in [3.05, 3.63) is 18.1 Å². The van der Waals surface area contributed by atoms with Gasteiger partial charge in [0.1, 0.15) is 17.1 Å². The van der Waals surface area contributed by atoms with Gasteiger partial charge in [-0.05, 0) is 20.8 Å². The average molecular weight is 342 g/mol. The molecule has 2 heterocycles. The van der Waals surface area contributed by atoms with Gasteiger partial charge in [0.25, 0.3) is 0 Å². The minimum atomic E-state index is -1.33. The fourth-order valence-electron chi connectivity index (χ4n) is 2.43. The van der Waals surface area contributed by atoms with Gasteiger partial charge in [0, 0.05) is 32.7 Å². The molecule has 0 spiro atoms. The maximum absolute atomic E-state index is 11.7. The van der Waals surface area contributed by atoms with Crippen LogP contribution in [0, 0.1) is 0 Å². The van der Waals surface area contributed by atoms with Crippen molar-refractivity contribution < 1.29 is 38.3 Å². The van der Waals surface area contributed by atoms with Crippen molar-refractivity contribution in [3.63, 3.8) is 0 Å². The number of aromatic nitrogens is 2. The van der Waals surface area contributed by atoms with Gasteiger partial charge >= 0.3 is 24.8 Å². The average Bonchev–Trinajstić information content (AvgIpc) is 2.52. The predicted octanol–water partition coefficient (Wildman–Crippen LogP) is -3.30. The molecule has 0 atom stereocenters. The fraction of sp³-hybridized carbons (Fsp3) is 0.625. The molecule has 1 aliphatic rings. The number of hydrogen-bond acceptors (Lipinski definition) is 8. The Hall–Kier alpha value is -1.62. The van der Waals surface area contributed by atoms with Crippen LogP contribution in [0.5, 0.6) is 0 Å². The van der Waals surface area contributed by atoms with Gasteiger partial charge in [-0.2, -0.15) is 0 Å². The number of carbonyl (C=O) groups is 2. The monoisotopic (exact) mass is 342 g/mol. The summed E-state index contributed by atoms with van der Waals surface area (Å²) in [7, 11) is 0. The van der Waals surface area contributed by atoms with Crippen LogP contribution in [0.1, 0.15) is 37.7 Å². The number of hydrogen-bond donors (Lipinski definition) is 0. The number of carboxylic acid groups (broad SMARTS) is 1. The van der Waals surface area contributed by atoms with Crippen molar-refractivity contribution in [3.8, 4) is 0 Å². The van der Waals surface area contributed by atoms with E-state index in [9.17, 15) is 14.7 Å². The van der Waals surface area contributed by atoms with E-state index < -0.39 is 11.6 Å². The Labute approximate surface area is 159 Å². The van der Waals surface area contributed by atoms with Crippen molar-refractivity contribution in [2.75, 3.05) is 37.6 Å². The first-order chi connectivity index (χ1) is 11.2. The predicted molar refractivity (Wildman–Crippen MR) is 85.5 cm³/mol. The van der Waals surface area contributed by atoms with Gasteiger partial charge in [0.15, 0.2) is 0 Å². The molecule has 0 N–H and O–H groups in total. The molecule has 1 saturated heterocycles. The summed E-state index contributed by atoms with van der Waals surface area (Å²) in [5, 5.41) is 10.7. The molecule has 0 aliphatic carbocycles. The third-order valence-electron chi connectivity index (χ3n) is 3.60. The van der Waals surface area contributed by atoms with E-state index in [1.165, 1.54) is 12.4 Å². The van der Waals surface area contributed by atoms with Crippen molar-refractivity contribution in [1.82, 2.24) is 14.9 Å². The Morgan fingerprint density at radius 2 is 1.80 bits per heavy atom. The number of rotatable bonds is 5. The molecule has 25 heavy (non-hydrogen) atoms. The van der Waals surface area contributed by atoms with Crippen molar-refractivity contribution in [2.24, 2.45) is 0 Å². The number of piperazine rings is 1. The topological polar surface area (TPSA) is 98.7 Å². The zero-order chi connectivity index (χ0) is 17.7. The van der Waals surface area contributed by atoms with Gasteiger partial charge in [0.05, 0.1) is 24.8 Å². The summed E-state index contributed by atoms with van der Waals surface area (Å²) in [6.45, 7) is 9.32. The number of carbonyl (C=O) groups excluding carboxylic acids is 2. The van der Waals surface area contributed by atoms with Crippen molar-refractivity contribution in [2.45, 2.75) is 32.8 Å². The number of nitrogens with zero attached hydrogens (tertiary/aromatic N) is 4. The fourth-order valence-corrected chi connectivity index (χ4v) is 2.43. The maximum atomic E-state index is 11.7. The number of aromatic carboxylic acids is 1. The van der Waals surface area contributed by atoms with Crippen molar-refractivity contribution >= 4 is 17.8 Å². The molecular weight excluding hydrogens is 319 g/mol. The van der Waals surface area contributed by atoms with E-state index in [2.05, 4.69) is 14.9 Å². The van der Waals surface area contributed by atoms with Gasteiger partial charge in [-0.3, -0.25) is 9.69 Å². The van der Waals surface area contributed by atoms with Crippen LogP contribution < -0.4 is 28.9 Å². The first-order valence-electron chi connectivity index (χ1n) is 7.97. The first kappa shape index (κ1) is 21.4. The number of esters is 1. The van der Waals surface area contributed by atoms with Gasteiger partial charge in [-0.15, -0.1) is 0 Å². The summed E-state index contributed by atoms with van der Waals surface area (Å²) in [6, 6.07) is 0. The summed E-state index contributed by atoms with van der Waals surface area (Å²) in [4.78, 5) is 34.6.